The summed E-state index contributed by atoms with van der Waals surface area (Å²) >= 11 is 0. The molecule has 0 unspecified atom stereocenters. The molecule has 0 spiro atoms. The zero-order valence-electron chi connectivity index (χ0n) is 27.5. The van der Waals surface area contributed by atoms with Crippen LogP contribution in [0.2, 0.25) is 0 Å². The highest BCUT2D eigenvalue weighted by Gasteiger charge is 2.27. The number of carbonyl (C=O) groups excluding carboxylic acids is 3. The second-order valence-electron chi connectivity index (χ2n) is 13.0. The Morgan fingerprint density at radius 2 is 1.20 bits per heavy atom. The molecule has 2 aliphatic heterocycles. The van der Waals surface area contributed by atoms with E-state index in [1.54, 1.807) is 22.8 Å². The SMILES string of the molecule is CC(C)(C)OC(=O)N1CCN(Cc2ccccc2)CC1.CCOC(=O)c1cccc(N2CCN(C(=O)OC(C)(C)C)CC2)c1. The third-order valence-electron chi connectivity index (χ3n) is 6.93. The van der Waals surface area contributed by atoms with Crippen LogP contribution in [-0.2, 0) is 20.8 Å². The van der Waals surface area contributed by atoms with E-state index in [-0.39, 0.29) is 18.2 Å². The predicted molar refractivity (Wildman–Crippen MR) is 172 cm³/mol. The number of amides is 2. The summed E-state index contributed by atoms with van der Waals surface area (Å²) < 4.78 is 15.8. The van der Waals surface area contributed by atoms with Crippen LogP contribution in [0.5, 0.6) is 0 Å². The lowest BCUT2D eigenvalue weighted by Crippen LogP contribution is -2.50. The lowest BCUT2D eigenvalue weighted by Gasteiger charge is -2.36. The van der Waals surface area contributed by atoms with Crippen LogP contribution in [0.4, 0.5) is 15.3 Å². The van der Waals surface area contributed by atoms with Gasteiger partial charge in [-0.1, -0.05) is 36.4 Å². The van der Waals surface area contributed by atoms with E-state index in [2.05, 4.69) is 34.1 Å². The van der Waals surface area contributed by atoms with Crippen molar-refractivity contribution in [3.8, 4) is 0 Å². The molecule has 2 aromatic carbocycles. The van der Waals surface area contributed by atoms with Gasteiger partial charge in [0.15, 0.2) is 0 Å². The van der Waals surface area contributed by atoms with Crippen molar-refractivity contribution in [1.82, 2.24) is 14.7 Å². The summed E-state index contributed by atoms with van der Waals surface area (Å²) in [6.45, 7) is 20.2. The topological polar surface area (TPSA) is 91.9 Å². The fourth-order valence-electron chi connectivity index (χ4n) is 4.77. The number of benzene rings is 2. The minimum Gasteiger partial charge on any atom is -0.462 e. The van der Waals surface area contributed by atoms with Crippen LogP contribution in [0.15, 0.2) is 54.6 Å². The highest BCUT2D eigenvalue weighted by atomic mass is 16.6. The third-order valence-corrected chi connectivity index (χ3v) is 6.93. The average Bonchev–Trinajstić information content (AvgIpc) is 2.97. The molecule has 0 radical (unpaired) electrons. The highest BCUT2D eigenvalue weighted by Crippen LogP contribution is 2.20. The first-order valence-corrected chi connectivity index (χ1v) is 15.5. The molecule has 0 N–H and O–H groups in total. The van der Waals surface area contributed by atoms with Crippen molar-refractivity contribution >= 4 is 23.8 Å². The molecule has 0 bridgehead atoms. The summed E-state index contributed by atoms with van der Waals surface area (Å²) in [6.07, 6.45) is -0.473. The Bertz CT molecular complexity index is 1210. The lowest BCUT2D eigenvalue weighted by atomic mass is 10.1. The Morgan fingerprint density at radius 3 is 1.70 bits per heavy atom. The standard InChI is InChI=1S/C18H26N2O4.C16H24N2O2/c1-5-23-16(21)14-7-6-8-15(13-14)19-9-11-20(12-10-19)17(22)24-18(2,3)4;1-16(2,3)20-15(19)18-11-9-17(10-12-18)13-14-7-5-4-6-8-14/h6-8,13H,5,9-12H2,1-4H3;4-8H,9-13H2,1-3H3. The Morgan fingerprint density at radius 1 is 0.682 bits per heavy atom. The van der Waals surface area contributed by atoms with Crippen LogP contribution in [0.3, 0.4) is 0 Å². The van der Waals surface area contributed by atoms with E-state index in [9.17, 15) is 14.4 Å². The molecule has 0 aliphatic carbocycles. The van der Waals surface area contributed by atoms with Gasteiger partial charge in [0.05, 0.1) is 12.2 Å². The zero-order chi connectivity index (χ0) is 32.3. The Kier molecular flexibility index (Phi) is 12.5. The van der Waals surface area contributed by atoms with E-state index in [0.29, 0.717) is 38.3 Å². The third kappa shape index (κ3) is 11.7. The highest BCUT2D eigenvalue weighted by molar-refractivity contribution is 5.90. The number of esters is 1. The number of piperazine rings is 2. The number of rotatable bonds is 5. The number of hydrogen-bond acceptors (Lipinski definition) is 8. The van der Waals surface area contributed by atoms with Gasteiger partial charge in [-0.2, -0.15) is 0 Å². The fraction of sp³-hybridized carbons (Fsp3) is 0.559. The molecule has 10 heteroatoms. The quantitative estimate of drug-likeness (QED) is 0.317. The van der Waals surface area contributed by atoms with Gasteiger partial charge in [-0.25, -0.2) is 14.4 Å². The molecular weight excluding hydrogens is 560 g/mol. The van der Waals surface area contributed by atoms with Crippen molar-refractivity contribution in [3.05, 3.63) is 65.7 Å². The van der Waals surface area contributed by atoms with Gasteiger partial charge in [-0.05, 0) is 72.2 Å². The molecule has 2 heterocycles. The van der Waals surface area contributed by atoms with Crippen LogP contribution >= 0.6 is 0 Å². The minimum atomic E-state index is -0.484. The predicted octanol–water partition coefficient (Wildman–Crippen LogP) is 5.66. The van der Waals surface area contributed by atoms with E-state index in [1.165, 1.54) is 5.56 Å². The summed E-state index contributed by atoms with van der Waals surface area (Å²) in [6, 6.07) is 17.8. The first-order valence-electron chi connectivity index (χ1n) is 15.5. The first-order chi connectivity index (χ1) is 20.7. The van der Waals surface area contributed by atoms with Gasteiger partial charge >= 0.3 is 18.2 Å². The summed E-state index contributed by atoms with van der Waals surface area (Å²) in [5, 5.41) is 0. The number of carbonyl (C=O) groups is 3. The van der Waals surface area contributed by atoms with Crippen LogP contribution in [0, 0.1) is 0 Å². The largest absolute Gasteiger partial charge is 0.462 e. The van der Waals surface area contributed by atoms with E-state index in [0.717, 1.165) is 38.4 Å². The molecular formula is C34H50N4O6. The number of hydrogen-bond donors (Lipinski definition) is 0. The van der Waals surface area contributed by atoms with Crippen molar-refractivity contribution < 1.29 is 28.6 Å². The molecule has 0 atom stereocenters. The van der Waals surface area contributed by atoms with E-state index in [1.807, 2.05) is 65.8 Å². The summed E-state index contributed by atoms with van der Waals surface area (Å²) in [5.41, 5.74) is 1.92. The molecule has 0 saturated carbocycles. The zero-order valence-corrected chi connectivity index (χ0v) is 27.5. The molecule has 2 aromatic rings. The number of nitrogens with zero attached hydrogens (tertiary/aromatic N) is 4. The van der Waals surface area contributed by atoms with E-state index >= 15 is 0 Å². The van der Waals surface area contributed by atoms with Crippen molar-refractivity contribution in [3.63, 3.8) is 0 Å². The van der Waals surface area contributed by atoms with Crippen molar-refractivity contribution in [2.45, 2.75) is 66.2 Å². The van der Waals surface area contributed by atoms with Crippen LogP contribution < -0.4 is 4.90 Å². The van der Waals surface area contributed by atoms with Crippen LogP contribution in [-0.4, -0.2) is 103 Å². The summed E-state index contributed by atoms with van der Waals surface area (Å²) in [7, 11) is 0. The maximum absolute atomic E-state index is 12.1. The molecule has 2 aliphatic rings. The van der Waals surface area contributed by atoms with Crippen molar-refractivity contribution in [2.24, 2.45) is 0 Å². The second kappa shape index (κ2) is 15.8. The number of anilines is 1. The molecule has 2 amide bonds. The van der Waals surface area contributed by atoms with Gasteiger partial charge < -0.3 is 28.9 Å². The molecule has 4 rings (SSSR count). The summed E-state index contributed by atoms with van der Waals surface area (Å²) in [4.78, 5) is 43.9. The Balaban J connectivity index is 0.000000244. The maximum atomic E-state index is 12.1. The average molecular weight is 611 g/mol. The van der Waals surface area contributed by atoms with Crippen LogP contribution in [0.1, 0.15) is 64.4 Å². The number of ether oxygens (including phenoxy) is 3. The Labute approximate surface area is 262 Å². The van der Waals surface area contributed by atoms with Gasteiger partial charge in [0.25, 0.3) is 0 Å². The smallest absolute Gasteiger partial charge is 0.410 e. The molecule has 242 valence electrons. The molecule has 2 saturated heterocycles. The normalized spacial score (nSPS) is 16.0. The van der Waals surface area contributed by atoms with Crippen LogP contribution in [0.25, 0.3) is 0 Å². The fourth-order valence-corrected chi connectivity index (χ4v) is 4.77. The lowest BCUT2D eigenvalue weighted by molar-refractivity contribution is 0.0138. The second-order valence-corrected chi connectivity index (χ2v) is 13.0. The van der Waals surface area contributed by atoms with Gasteiger partial charge in [0, 0.05) is 64.6 Å². The molecule has 0 aromatic heterocycles. The van der Waals surface area contributed by atoms with Gasteiger partial charge in [-0.15, -0.1) is 0 Å². The van der Waals surface area contributed by atoms with Crippen molar-refractivity contribution in [2.75, 3.05) is 63.9 Å². The van der Waals surface area contributed by atoms with Gasteiger partial charge in [0.1, 0.15) is 11.2 Å². The maximum Gasteiger partial charge on any atom is 0.410 e. The molecule has 10 nitrogen and oxygen atoms in total. The Hall–Kier alpha value is -3.79. The molecule has 44 heavy (non-hydrogen) atoms. The molecule has 2 fully saturated rings. The van der Waals surface area contributed by atoms with E-state index in [4.69, 9.17) is 14.2 Å². The van der Waals surface area contributed by atoms with Gasteiger partial charge in [0.2, 0.25) is 0 Å². The first kappa shape index (κ1) is 34.7. The van der Waals surface area contributed by atoms with Crippen molar-refractivity contribution in [1.29, 1.82) is 0 Å². The monoisotopic (exact) mass is 610 g/mol. The van der Waals surface area contributed by atoms with Gasteiger partial charge in [-0.3, -0.25) is 4.90 Å². The minimum absolute atomic E-state index is 0.197. The van der Waals surface area contributed by atoms with E-state index < -0.39 is 11.2 Å². The summed E-state index contributed by atoms with van der Waals surface area (Å²) in [5.74, 6) is -0.313.